The first kappa shape index (κ1) is 17.4. The first-order valence-electron chi connectivity index (χ1n) is 7.98. The summed E-state index contributed by atoms with van der Waals surface area (Å²) < 4.78 is 0. The van der Waals surface area contributed by atoms with Crippen molar-refractivity contribution in [2.24, 2.45) is 5.41 Å². The molecule has 0 radical (unpaired) electrons. The predicted octanol–water partition coefficient (Wildman–Crippen LogP) is 2.68. The van der Waals surface area contributed by atoms with Gasteiger partial charge in [-0.1, -0.05) is 27.2 Å². The third kappa shape index (κ3) is 6.23. The smallest absolute Gasteiger partial charge is 0.317 e. The van der Waals surface area contributed by atoms with Crippen molar-refractivity contribution in [2.45, 2.75) is 58.9 Å². The number of likely N-dealkylation sites (N-methyl/N-ethyl adjacent to an activating group) is 1. The highest BCUT2D eigenvalue weighted by atomic mass is 16.4. The van der Waals surface area contributed by atoms with E-state index in [1.54, 1.807) is 0 Å². The monoisotopic (exact) mass is 284 g/mol. The lowest BCUT2D eigenvalue weighted by Crippen LogP contribution is -2.37. The number of carbonyl (C=O) groups is 1. The summed E-state index contributed by atoms with van der Waals surface area (Å²) in [7, 11) is 1.94. The average molecular weight is 284 g/mol. The van der Waals surface area contributed by atoms with Gasteiger partial charge in [0.05, 0.1) is 6.54 Å². The second-order valence-electron chi connectivity index (χ2n) is 7.00. The molecule has 4 nitrogen and oxygen atoms in total. The number of hydrogen-bond donors (Lipinski definition) is 1. The summed E-state index contributed by atoms with van der Waals surface area (Å²) in [4.78, 5) is 15.4. The molecule has 0 aromatic rings. The van der Waals surface area contributed by atoms with Crippen LogP contribution in [-0.4, -0.2) is 60.1 Å². The van der Waals surface area contributed by atoms with Crippen molar-refractivity contribution in [3.63, 3.8) is 0 Å². The van der Waals surface area contributed by atoms with Crippen LogP contribution in [0.3, 0.4) is 0 Å². The summed E-state index contributed by atoms with van der Waals surface area (Å²) in [6.45, 7) is 10.6. The second-order valence-corrected chi connectivity index (χ2v) is 7.00. The zero-order valence-electron chi connectivity index (χ0n) is 13.7. The highest BCUT2D eigenvalue weighted by molar-refractivity contribution is 5.69. The summed E-state index contributed by atoms with van der Waals surface area (Å²) in [5.41, 5.74) is 0.436. The van der Waals surface area contributed by atoms with E-state index < -0.39 is 5.97 Å². The zero-order chi connectivity index (χ0) is 15.2. The lowest BCUT2D eigenvalue weighted by molar-refractivity contribution is -0.138. The fraction of sp³-hybridized carbons (Fsp3) is 0.938. The summed E-state index contributed by atoms with van der Waals surface area (Å²) in [5, 5.41) is 8.89. The van der Waals surface area contributed by atoms with Gasteiger partial charge in [-0.3, -0.25) is 9.69 Å². The van der Waals surface area contributed by atoms with Gasteiger partial charge in [0.15, 0.2) is 0 Å². The normalized spacial score (nSPS) is 21.9. The molecule has 1 aliphatic rings. The number of aliphatic carboxylic acids is 1. The second kappa shape index (κ2) is 7.99. The van der Waals surface area contributed by atoms with Gasteiger partial charge in [-0.15, -0.1) is 0 Å². The van der Waals surface area contributed by atoms with Crippen LogP contribution in [0.1, 0.15) is 52.9 Å². The Bertz CT molecular complexity index is 305. The topological polar surface area (TPSA) is 43.8 Å². The Balaban J connectivity index is 2.37. The number of rotatable bonds is 7. The molecule has 1 aliphatic heterocycles. The van der Waals surface area contributed by atoms with Crippen LogP contribution in [0.2, 0.25) is 0 Å². The molecule has 0 aliphatic carbocycles. The SMILES string of the molecule is CCC(C)(C)CCN1CCCC(N(C)CC(=O)O)CC1. The van der Waals surface area contributed by atoms with Crippen LogP contribution in [0.25, 0.3) is 0 Å². The molecule has 118 valence electrons. The van der Waals surface area contributed by atoms with E-state index in [1.165, 1.54) is 25.8 Å². The molecule has 1 saturated heterocycles. The molecule has 0 saturated carbocycles. The van der Waals surface area contributed by atoms with Gasteiger partial charge >= 0.3 is 5.97 Å². The van der Waals surface area contributed by atoms with Gasteiger partial charge in [0.25, 0.3) is 0 Å². The molecule has 1 rings (SSSR count). The fourth-order valence-electron chi connectivity index (χ4n) is 2.78. The molecule has 0 aromatic heterocycles. The number of nitrogens with zero attached hydrogens (tertiary/aromatic N) is 2. The van der Waals surface area contributed by atoms with Crippen molar-refractivity contribution in [1.82, 2.24) is 9.80 Å². The molecular formula is C16H32N2O2. The van der Waals surface area contributed by atoms with Gasteiger partial charge in [0.1, 0.15) is 0 Å². The number of carboxylic acid groups (broad SMARTS) is 1. The molecule has 0 spiro atoms. The van der Waals surface area contributed by atoms with Gasteiger partial charge in [-0.25, -0.2) is 0 Å². The highest BCUT2D eigenvalue weighted by Gasteiger charge is 2.23. The van der Waals surface area contributed by atoms with E-state index in [2.05, 4.69) is 25.7 Å². The maximum atomic E-state index is 10.8. The number of carboxylic acids is 1. The fourth-order valence-corrected chi connectivity index (χ4v) is 2.78. The number of likely N-dealkylation sites (tertiary alicyclic amines) is 1. The summed E-state index contributed by atoms with van der Waals surface area (Å²) in [6.07, 6.45) is 5.87. The van der Waals surface area contributed by atoms with Gasteiger partial charge in [0.2, 0.25) is 0 Å². The zero-order valence-corrected chi connectivity index (χ0v) is 13.7. The largest absolute Gasteiger partial charge is 0.480 e. The summed E-state index contributed by atoms with van der Waals surface area (Å²) in [5.74, 6) is -0.724. The quantitative estimate of drug-likeness (QED) is 0.780. The van der Waals surface area contributed by atoms with Crippen molar-refractivity contribution in [2.75, 3.05) is 33.2 Å². The standard InChI is InChI=1S/C16H32N2O2/c1-5-16(2,3)9-12-18-10-6-7-14(8-11-18)17(4)13-15(19)20/h14H,5-13H2,1-4H3,(H,19,20). The Kier molecular flexibility index (Phi) is 6.96. The Morgan fingerprint density at radius 2 is 2.05 bits per heavy atom. The van der Waals surface area contributed by atoms with Crippen molar-refractivity contribution in [3.8, 4) is 0 Å². The van der Waals surface area contributed by atoms with Gasteiger partial charge in [0, 0.05) is 6.04 Å². The van der Waals surface area contributed by atoms with Gasteiger partial charge in [-0.05, 0) is 57.8 Å². The molecule has 1 heterocycles. The van der Waals surface area contributed by atoms with Crippen molar-refractivity contribution in [1.29, 1.82) is 0 Å². The van der Waals surface area contributed by atoms with Crippen LogP contribution in [-0.2, 0) is 4.79 Å². The predicted molar refractivity (Wildman–Crippen MR) is 83.0 cm³/mol. The Labute approximate surface area is 124 Å². The summed E-state index contributed by atoms with van der Waals surface area (Å²) in [6, 6.07) is 0.426. The molecule has 20 heavy (non-hydrogen) atoms. The third-order valence-electron chi connectivity index (χ3n) is 4.86. The van der Waals surface area contributed by atoms with E-state index in [9.17, 15) is 4.79 Å². The van der Waals surface area contributed by atoms with Crippen LogP contribution in [0, 0.1) is 5.41 Å². The lowest BCUT2D eigenvalue weighted by Gasteiger charge is -2.28. The molecule has 1 N–H and O–H groups in total. The summed E-state index contributed by atoms with van der Waals surface area (Å²) >= 11 is 0. The van der Waals surface area contributed by atoms with Crippen molar-refractivity contribution >= 4 is 5.97 Å². The maximum Gasteiger partial charge on any atom is 0.317 e. The minimum absolute atomic E-state index is 0.160. The van der Waals surface area contributed by atoms with Crippen LogP contribution in [0.5, 0.6) is 0 Å². The number of hydrogen-bond acceptors (Lipinski definition) is 3. The van der Waals surface area contributed by atoms with E-state index >= 15 is 0 Å². The molecule has 0 aromatic carbocycles. The Hall–Kier alpha value is -0.610. The average Bonchev–Trinajstić information content (AvgIpc) is 2.61. The first-order chi connectivity index (χ1) is 9.34. The van der Waals surface area contributed by atoms with E-state index in [0.717, 1.165) is 25.9 Å². The Morgan fingerprint density at radius 3 is 2.65 bits per heavy atom. The third-order valence-corrected chi connectivity index (χ3v) is 4.86. The van der Waals surface area contributed by atoms with Crippen molar-refractivity contribution < 1.29 is 9.90 Å². The van der Waals surface area contributed by atoms with Crippen LogP contribution in [0.4, 0.5) is 0 Å². The first-order valence-corrected chi connectivity index (χ1v) is 7.98. The minimum Gasteiger partial charge on any atom is -0.480 e. The molecule has 1 atom stereocenters. The van der Waals surface area contributed by atoms with E-state index in [-0.39, 0.29) is 6.54 Å². The molecule has 4 heteroatoms. The van der Waals surface area contributed by atoms with Gasteiger partial charge in [-0.2, -0.15) is 0 Å². The van der Waals surface area contributed by atoms with E-state index in [1.807, 2.05) is 11.9 Å². The molecule has 1 fully saturated rings. The Morgan fingerprint density at radius 1 is 1.35 bits per heavy atom. The van der Waals surface area contributed by atoms with Crippen molar-refractivity contribution in [3.05, 3.63) is 0 Å². The van der Waals surface area contributed by atoms with Crippen LogP contribution < -0.4 is 0 Å². The van der Waals surface area contributed by atoms with E-state index in [0.29, 0.717) is 11.5 Å². The molecular weight excluding hydrogens is 252 g/mol. The van der Waals surface area contributed by atoms with E-state index in [4.69, 9.17) is 5.11 Å². The van der Waals surface area contributed by atoms with Gasteiger partial charge < -0.3 is 10.0 Å². The molecule has 0 bridgehead atoms. The molecule has 1 unspecified atom stereocenters. The highest BCUT2D eigenvalue weighted by Crippen LogP contribution is 2.25. The lowest BCUT2D eigenvalue weighted by atomic mass is 9.86. The van der Waals surface area contributed by atoms with Crippen LogP contribution >= 0.6 is 0 Å². The maximum absolute atomic E-state index is 10.8. The molecule has 0 amide bonds. The minimum atomic E-state index is -0.724. The van der Waals surface area contributed by atoms with Crippen LogP contribution in [0.15, 0.2) is 0 Å².